The highest BCUT2D eigenvalue weighted by Crippen LogP contribution is 2.18. The lowest BCUT2D eigenvalue weighted by atomic mass is 10.2. The summed E-state index contributed by atoms with van der Waals surface area (Å²) in [4.78, 5) is 20.6. The van der Waals surface area contributed by atoms with Gasteiger partial charge in [0.15, 0.2) is 22.5 Å². The Hall–Kier alpha value is -2.52. The number of anilines is 1. The fraction of sp³-hybridized carbons (Fsp3) is 0.333. The highest BCUT2D eigenvalue weighted by Gasteiger charge is 2.24. The molecular weight excluding hydrogens is 412 g/mol. The second-order valence-electron chi connectivity index (χ2n) is 6.00. The van der Waals surface area contributed by atoms with Gasteiger partial charge in [0.2, 0.25) is 0 Å². The summed E-state index contributed by atoms with van der Waals surface area (Å²) in [6.45, 7) is 5.91. The van der Waals surface area contributed by atoms with E-state index in [1.54, 1.807) is 0 Å². The van der Waals surface area contributed by atoms with Crippen LogP contribution in [0.25, 0.3) is 11.0 Å². The van der Waals surface area contributed by atoms with E-state index >= 15 is 0 Å². The van der Waals surface area contributed by atoms with Crippen molar-refractivity contribution in [1.29, 1.82) is 0 Å². The van der Waals surface area contributed by atoms with Crippen LogP contribution in [0.4, 0.5) is 5.82 Å². The Balaban J connectivity index is 1.96. The minimum atomic E-state index is -0.382. The molecule has 0 aliphatic rings. The normalized spacial score (nSPS) is 11.1. The Bertz CT molecular complexity index is 1000. The maximum Gasteiger partial charge on any atom is 0.277 e. The quantitative estimate of drug-likeness (QED) is 0.510. The van der Waals surface area contributed by atoms with Gasteiger partial charge in [-0.25, -0.2) is 19.1 Å². The third-order valence-electron chi connectivity index (χ3n) is 4.45. The molecule has 142 valence electrons. The summed E-state index contributed by atoms with van der Waals surface area (Å²) in [5.41, 5.74) is 8.80. The first kappa shape index (κ1) is 19.2. The molecule has 0 bridgehead atoms. The zero-order valence-corrected chi connectivity index (χ0v) is 16.8. The van der Waals surface area contributed by atoms with Gasteiger partial charge in [0, 0.05) is 0 Å². The van der Waals surface area contributed by atoms with Crippen LogP contribution < -0.4 is 15.6 Å². The van der Waals surface area contributed by atoms with Gasteiger partial charge in [0.1, 0.15) is 11.1 Å². The van der Waals surface area contributed by atoms with Crippen LogP contribution in [0.5, 0.6) is 0 Å². The second kappa shape index (κ2) is 8.01. The second-order valence-corrected chi connectivity index (χ2v) is 6.81. The van der Waals surface area contributed by atoms with Crippen molar-refractivity contribution in [1.82, 2.24) is 19.9 Å². The topological polar surface area (TPSA) is 110 Å². The number of rotatable bonds is 6. The molecule has 0 saturated carbocycles. The first-order valence-corrected chi connectivity index (χ1v) is 9.50. The van der Waals surface area contributed by atoms with E-state index in [-0.39, 0.29) is 24.0 Å². The number of imidazole rings is 1. The molecule has 0 aliphatic heterocycles. The van der Waals surface area contributed by atoms with Gasteiger partial charge in [-0.1, -0.05) is 6.07 Å². The van der Waals surface area contributed by atoms with Crippen molar-refractivity contribution in [3.8, 4) is 0 Å². The lowest BCUT2D eigenvalue weighted by Gasteiger charge is -2.07. The van der Waals surface area contributed by atoms with Crippen LogP contribution in [0.3, 0.4) is 0 Å². The molecule has 9 heteroatoms. The maximum absolute atomic E-state index is 12.5. The largest absolute Gasteiger partial charge is 0.392 e. The Morgan fingerprint density at radius 2 is 2.19 bits per heavy atom. The highest BCUT2D eigenvalue weighted by molar-refractivity contribution is 9.10. The van der Waals surface area contributed by atoms with Gasteiger partial charge in [0.25, 0.3) is 11.7 Å². The first-order chi connectivity index (χ1) is 13.0. The lowest BCUT2D eigenvalue weighted by molar-refractivity contribution is -0.676. The van der Waals surface area contributed by atoms with Gasteiger partial charge < -0.3 is 16.2 Å². The number of nitrogens with zero attached hydrogens (tertiary/aromatic N) is 4. The zero-order chi connectivity index (χ0) is 19.6. The third kappa shape index (κ3) is 3.65. The van der Waals surface area contributed by atoms with Gasteiger partial charge in [-0.3, -0.25) is 4.79 Å². The standard InChI is InChI=1S/C18H21BrN6O2/c1-3-24-12-6-5-11(10-26)7-13(12)25(4-2)15(24)9-22-18(27)16-17(20)21-8-14(19)23-16/h5-8,26H,3-4,9-10H2,1-2H3,(H2-,20,21,22,27)/p+1. The van der Waals surface area contributed by atoms with Crippen LogP contribution >= 0.6 is 15.9 Å². The first-order valence-electron chi connectivity index (χ1n) is 8.71. The Labute approximate surface area is 165 Å². The summed E-state index contributed by atoms with van der Waals surface area (Å²) in [5, 5.41) is 12.3. The number of nitrogens with two attached hydrogens (primary N) is 1. The van der Waals surface area contributed by atoms with E-state index in [9.17, 15) is 9.90 Å². The average molecular weight is 434 g/mol. The van der Waals surface area contributed by atoms with E-state index in [1.807, 2.05) is 25.1 Å². The van der Waals surface area contributed by atoms with Gasteiger partial charge in [-0.05, 0) is 47.5 Å². The number of aliphatic hydroxyl groups is 1. The molecule has 0 spiro atoms. The summed E-state index contributed by atoms with van der Waals surface area (Å²) >= 11 is 3.21. The number of aryl methyl sites for hydroxylation is 2. The summed E-state index contributed by atoms with van der Waals surface area (Å²) in [7, 11) is 0. The van der Waals surface area contributed by atoms with Crippen LogP contribution in [0.1, 0.15) is 35.7 Å². The molecule has 1 aromatic carbocycles. The molecule has 3 rings (SSSR count). The number of hydrogen-bond donors (Lipinski definition) is 3. The summed E-state index contributed by atoms with van der Waals surface area (Å²) in [6.07, 6.45) is 1.45. The number of carbonyl (C=O) groups excluding carboxylic acids is 1. The molecule has 2 aromatic heterocycles. The summed E-state index contributed by atoms with van der Waals surface area (Å²) in [6, 6.07) is 5.89. The van der Waals surface area contributed by atoms with Crippen LogP contribution in [-0.4, -0.2) is 25.5 Å². The summed E-state index contributed by atoms with van der Waals surface area (Å²) < 4.78 is 4.73. The smallest absolute Gasteiger partial charge is 0.277 e. The van der Waals surface area contributed by atoms with Gasteiger partial charge in [-0.2, -0.15) is 0 Å². The molecule has 3 aromatic rings. The van der Waals surface area contributed by atoms with Crippen LogP contribution in [0.2, 0.25) is 0 Å². The van der Waals surface area contributed by atoms with E-state index in [1.165, 1.54) is 6.20 Å². The van der Waals surface area contributed by atoms with Crippen LogP contribution in [-0.2, 0) is 26.2 Å². The Kier molecular flexibility index (Phi) is 5.71. The van der Waals surface area contributed by atoms with Crippen LogP contribution in [0, 0.1) is 0 Å². The van der Waals surface area contributed by atoms with Crippen molar-refractivity contribution in [2.45, 2.75) is 40.1 Å². The van der Waals surface area contributed by atoms with E-state index in [0.29, 0.717) is 11.1 Å². The molecule has 1 amide bonds. The number of amides is 1. The molecule has 2 heterocycles. The molecule has 0 saturated heterocycles. The number of halogens is 1. The number of carbonyl (C=O) groups is 1. The molecule has 0 atom stereocenters. The average Bonchev–Trinajstić information content (AvgIpc) is 2.99. The van der Waals surface area contributed by atoms with E-state index in [2.05, 4.69) is 47.3 Å². The number of hydrogen-bond acceptors (Lipinski definition) is 5. The Morgan fingerprint density at radius 1 is 1.41 bits per heavy atom. The molecule has 0 unspecified atom stereocenters. The Morgan fingerprint density at radius 3 is 2.85 bits per heavy atom. The molecule has 27 heavy (non-hydrogen) atoms. The van der Waals surface area contributed by atoms with Gasteiger partial charge >= 0.3 is 0 Å². The van der Waals surface area contributed by atoms with Crippen LogP contribution in [0.15, 0.2) is 29.0 Å². The molecule has 0 aliphatic carbocycles. The minimum absolute atomic E-state index is 0.0101. The predicted octanol–water partition coefficient (Wildman–Crippen LogP) is 1.53. The number of nitrogen functional groups attached to an aromatic ring is 1. The van der Waals surface area contributed by atoms with Crippen molar-refractivity contribution in [2.75, 3.05) is 5.73 Å². The lowest BCUT2D eigenvalue weighted by Crippen LogP contribution is -2.40. The predicted molar refractivity (Wildman–Crippen MR) is 105 cm³/mol. The van der Waals surface area contributed by atoms with Crippen molar-refractivity contribution in [2.24, 2.45) is 0 Å². The fourth-order valence-corrected chi connectivity index (χ4v) is 3.50. The van der Waals surface area contributed by atoms with Gasteiger partial charge in [0.05, 0.1) is 25.9 Å². The molecule has 0 fully saturated rings. The molecular formula is C18H22BrN6O2+. The van der Waals surface area contributed by atoms with Crippen molar-refractivity contribution < 1.29 is 14.5 Å². The number of aliphatic hydroxyl groups excluding tert-OH is 1. The monoisotopic (exact) mass is 433 g/mol. The van der Waals surface area contributed by atoms with Crippen molar-refractivity contribution in [3.05, 3.63) is 46.1 Å². The minimum Gasteiger partial charge on any atom is -0.392 e. The van der Waals surface area contributed by atoms with Gasteiger partial charge in [-0.15, -0.1) is 0 Å². The molecule has 8 nitrogen and oxygen atoms in total. The number of nitrogens with one attached hydrogen (secondary N) is 1. The van der Waals surface area contributed by atoms with E-state index in [4.69, 9.17) is 5.73 Å². The van der Waals surface area contributed by atoms with E-state index < -0.39 is 0 Å². The zero-order valence-electron chi connectivity index (χ0n) is 15.2. The summed E-state index contributed by atoms with van der Waals surface area (Å²) in [5.74, 6) is 0.663. The number of aromatic nitrogens is 4. The fourth-order valence-electron chi connectivity index (χ4n) is 3.22. The van der Waals surface area contributed by atoms with Crippen molar-refractivity contribution >= 4 is 38.7 Å². The third-order valence-corrected chi connectivity index (χ3v) is 4.84. The SMILES string of the molecule is CCn1c(CNC(=O)c2nc(Br)cnc2N)[n+](CC)c2ccc(CO)cc21. The van der Waals surface area contributed by atoms with Crippen molar-refractivity contribution in [3.63, 3.8) is 0 Å². The number of fused-ring (bicyclic) bond motifs is 1. The highest BCUT2D eigenvalue weighted by atomic mass is 79.9. The molecule has 0 radical (unpaired) electrons. The van der Waals surface area contributed by atoms with E-state index in [0.717, 1.165) is 35.5 Å². The maximum atomic E-state index is 12.5. The number of benzene rings is 1. The molecule has 4 N–H and O–H groups in total.